The maximum absolute atomic E-state index is 12.9. The zero-order chi connectivity index (χ0) is 19.8. The van der Waals surface area contributed by atoms with E-state index in [0.29, 0.717) is 5.92 Å². The highest BCUT2D eigenvalue weighted by molar-refractivity contribution is 7.21. The van der Waals surface area contributed by atoms with E-state index in [0.717, 1.165) is 41.7 Å². The predicted octanol–water partition coefficient (Wildman–Crippen LogP) is 4.44. The van der Waals surface area contributed by atoms with Gasteiger partial charge in [0.2, 0.25) is 0 Å². The molecule has 0 aliphatic carbocycles. The van der Waals surface area contributed by atoms with E-state index in [9.17, 15) is 4.79 Å². The van der Waals surface area contributed by atoms with Gasteiger partial charge in [0, 0.05) is 41.5 Å². The Bertz CT molecular complexity index is 1010. The molecule has 1 amide bonds. The molecule has 1 aliphatic heterocycles. The van der Waals surface area contributed by atoms with E-state index in [2.05, 4.69) is 38.4 Å². The Labute approximate surface area is 169 Å². The quantitative estimate of drug-likeness (QED) is 0.711. The Balaban J connectivity index is 1.70. The summed E-state index contributed by atoms with van der Waals surface area (Å²) in [6.45, 7) is 9.76. The van der Waals surface area contributed by atoms with Gasteiger partial charge in [-0.25, -0.2) is 9.97 Å². The fourth-order valence-electron chi connectivity index (χ4n) is 4.03. The number of benzene rings is 1. The summed E-state index contributed by atoms with van der Waals surface area (Å²) in [7, 11) is 0. The number of carbonyl (C=O) groups excluding carboxylic acids is 1. The van der Waals surface area contributed by atoms with Crippen molar-refractivity contribution in [2.75, 3.05) is 18.0 Å². The molecule has 0 radical (unpaired) electrons. The summed E-state index contributed by atoms with van der Waals surface area (Å²) in [5.41, 5.74) is 2.19. The van der Waals surface area contributed by atoms with E-state index in [1.807, 2.05) is 39.8 Å². The minimum atomic E-state index is 0.0402. The van der Waals surface area contributed by atoms with Gasteiger partial charge in [-0.1, -0.05) is 18.2 Å². The van der Waals surface area contributed by atoms with Crippen LogP contribution >= 0.6 is 11.3 Å². The molecule has 1 saturated heterocycles. The van der Waals surface area contributed by atoms with Gasteiger partial charge < -0.3 is 10.2 Å². The topological polar surface area (TPSA) is 58.1 Å². The maximum Gasteiger partial charge on any atom is 0.261 e. The standard InChI is InChI=1S/C22H26N4OS/c1-13(2)23-22(27)21-20(17-7-5-6-8-18(17)28-21)16-9-10-26(12-16)19-11-14(3)24-15(4)25-19/h5-8,11,13,16H,9-10,12H2,1-4H3,(H,23,27)/t16-/m0/s1. The maximum atomic E-state index is 12.9. The predicted molar refractivity (Wildman–Crippen MR) is 116 cm³/mol. The van der Waals surface area contributed by atoms with E-state index in [1.165, 1.54) is 15.6 Å². The van der Waals surface area contributed by atoms with Crippen LogP contribution in [0.2, 0.25) is 0 Å². The van der Waals surface area contributed by atoms with Crippen LogP contribution in [-0.4, -0.2) is 35.0 Å². The molecule has 146 valence electrons. The average Bonchev–Trinajstić information content (AvgIpc) is 3.24. The van der Waals surface area contributed by atoms with E-state index in [1.54, 1.807) is 11.3 Å². The van der Waals surface area contributed by atoms with Gasteiger partial charge in [0.15, 0.2) is 0 Å². The SMILES string of the molecule is Cc1cc(N2CC[C@H](c3c(C(=O)NC(C)C)sc4ccccc34)C2)nc(C)n1. The van der Waals surface area contributed by atoms with Crippen molar-refractivity contribution in [1.82, 2.24) is 15.3 Å². The minimum Gasteiger partial charge on any atom is -0.356 e. The second-order valence-electron chi connectivity index (χ2n) is 7.82. The molecule has 4 rings (SSSR count). The number of anilines is 1. The molecule has 3 aromatic rings. The largest absolute Gasteiger partial charge is 0.356 e. The molecular formula is C22H26N4OS. The lowest BCUT2D eigenvalue weighted by Crippen LogP contribution is -2.30. The molecule has 1 aliphatic rings. The average molecular weight is 395 g/mol. The van der Waals surface area contributed by atoms with Crippen LogP contribution in [0, 0.1) is 13.8 Å². The summed E-state index contributed by atoms with van der Waals surface area (Å²) in [4.78, 5) is 25.1. The number of hydrogen-bond acceptors (Lipinski definition) is 5. The van der Waals surface area contributed by atoms with Gasteiger partial charge in [0.05, 0.1) is 4.88 Å². The zero-order valence-corrected chi connectivity index (χ0v) is 17.6. The Kier molecular flexibility index (Phi) is 5.06. The highest BCUT2D eigenvalue weighted by Crippen LogP contribution is 2.40. The molecule has 0 spiro atoms. The van der Waals surface area contributed by atoms with Gasteiger partial charge in [-0.2, -0.15) is 0 Å². The molecule has 5 nitrogen and oxygen atoms in total. The number of thiophene rings is 1. The lowest BCUT2D eigenvalue weighted by Gasteiger charge is -2.19. The Morgan fingerprint density at radius 3 is 2.79 bits per heavy atom. The van der Waals surface area contributed by atoms with Crippen molar-refractivity contribution in [3.63, 3.8) is 0 Å². The first-order valence-electron chi connectivity index (χ1n) is 9.82. The van der Waals surface area contributed by atoms with Crippen LogP contribution in [0.5, 0.6) is 0 Å². The van der Waals surface area contributed by atoms with Crippen molar-refractivity contribution in [3.05, 3.63) is 52.3 Å². The third-order valence-electron chi connectivity index (χ3n) is 5.13. The molecule has 2 aromatic heterocycles. The van der Waals surface area contributed by atoms with Gasteiger partial charge in [0.1, 0.15) is 11.6 Å². The highest BCUT2D eigenvalue weighted by atomic mass is 32.1. The molecule has 6 heteroatoms. The van der Waals surface area contributed by atoms with Gasteiger partial charge in [-0.15, -0.1) is 11.3 Å². The summed E-state index contributed by atoms with van der Waals surface area (Å²) in [5, 5.41) is 4.29. The first-order chi connectivity index (χ1) is 13.4. The smallest absolute Gasteiger partial charge is 0.261 e. The molecule has 0 unspecified atom stereocenters. The minimum absolute atomic E-state index is 0.0402. The van der Waals surface area contributed by atoms with E-state index >= 15 is 0 Å². The molecule has 1 N–H and O–H groups in total. The van der Waals surface area contributed by atoms with Crippen LogP contribution in [-0.2, 0) is 0 Å². The summed E-state index contributed by atoms with van der Waals surface area (Å²) >= 11 is 1.61. The van der Waals surface area contributed by atoms with Crippen molar-refractivity contribution in [3.8, 4) is 0 Å². The Hall–Kier alpha value is -2.47. The second kappa shape index (κ2) is 7.51. The highest BCUT2D eigenvalue weighted by Gasteiger charge is 2.31. The fraction of sp³-hybridized carbons (Fsp3) is 0.409. The lowest BCUT2D eigenvalue weighted by atomic mass is 9.95. The molecular weight excluding hydrogens is 368 g/mol. The number of hydrogen-bond donors (Lipinski definition) is 1. The van der Waals surface area contributed by atoms with Crippen LogP contribution in [0.4, 0.5) is 5.82 Å². The summed E-state index contributed by atoms with van der Waals surface area (Å²) < 4.78 is 1.18. The fourth-order valence-corrected chi connectivity index (χ4v) is 5.22. The number of aryl methyl sites for hydroxylation is 2. The number of nitrogens with zero attached hydrogens (tertiary/aromatic N) is 3. The van der Waals surface area contributed by atoms with Crippen LogP contribution in [0.1, 0.15) is 52.9 Å². The molecule has 3 heterocycles. The van der Waals surface area contributed by atoms with Crippen LogP contribution in [0.3, 0.4) is 0 Å². The Morgan fingerprint density at radius 2 is 2.04 bits per heavy atom. The molecule has 0 bridgehead atoms. The van der Waals surface area contributed by atoms with Crippen molar-refractivity contribution in [2.45, 2.75) is 46.1 Å². The van der Waals surface area contributed by atoms with Crippen molar-refractivity contribution < 1.29 is 4.79 Å². The van der Waals surface area contributed by atoms with Crippen molar-refractivity contribution in [1.29, 1.82) is 0 Å². The second-order valence-corrected chi connectivity index (χ2v) is 8.87. The third kappa shape index (κ3) is 3.61. The van der Waals surface area contributed by atoms with Gasteiger partial charge in [-0.3, -0.25) is 4.79 Å². The van der Waals surface area contributed by atoms with Gasteiger partial charge in [0.25, 0.3) is 5.91 Å². The van der Waals surface area contributed by atoms with Crippen LogP contribution in [0.25, 0.3) is 10.1 Å². The van der Waals surface area contributed by atoms with Gasteiger partial charge in [-0.05, 0) is 51.1 Å². The Morgan fingerprint density at radius 1 is 1.25 bits per heavy atom. The molecule has 28 heavy (non-hydrogen) atoms. The molecule has 1 aromatic carbocycles. The van der Waals surface area contributed by atoms with E-state index < -0.39 is 0 Å². The summed E-state index contributed by atoms with van der Waals surface area (Å²) in [6, 6.07) is 10.5. The van der Waals surface area contributed by atoms with Crippen molar-refractivity contribution in [2.24, 2.45) is 0 Å². The van der Waals surface area contributed by atoms with Crippen LogP contribution in [0.15, 0.2) is 30.3 Å². The number of nitrogens with one attached hydrogen (secondary N) is 1. The normalized spacial score (nSPS) is 16.9. The van der Waals surface area contributed by atoms with Crippen LogP contribution < -0.4 is 10.2 Å². The lowest BCUT2D eigenvalue weighted by molar-refractivity contribution is 0.0946. The number of amides is 1. The first-order valence-corrected chi connectivity index (χ1v) is 10.6. The van der Waals surface area contributed by atoms with E-state index in [-0.39, 0.29) is 11.9 Å². The zero-order valence-electron chi connectivity index (χ0n) is 16.8. The number of rotatable bonds is 4. The number of fused-ring (bicyclic) bond motifs is 1. The molecule has 1 atom stereocenters. The molecule has 1 fully saturated rings. The number of aromatic nitrogens is 2. The van der Waals surface area contributed by atoms with Gasteiger partial charge >= 0.3 is 0 Å². The third-order valence-corrected chi connectivity index (χ3v) is 6.32. The number of carbonyl (C=O) groups is 1. The summed E-state index contributed by atoms with van der Waals surface area (Å²) in [6.07, 6.45) is 1.02. The molecule has 0 saturated carbocycles. The van der Waals surface area contributed by atoms with E-state index in [4.69, 9.17) is 0 Å². The summed E-state index contributed by atoms with van der Waals surface area (Å²) in [5.74, 6) is 2.15. The van der Waals surface area contributed by atoms with Crippen molar-refractivity contribution >= 4 is 33.1 Å². The first kappa shape index (κ1) is 18.9. The monoisotopic (exact) mass is 394 g/mol.